The van der Waals surface area contributed by atoms with Gasteiger partial charge in [-0.3, -0.25) is 0 Å². The summed E-state index contributed by atoms with van der Waals surface area (Å²) in [6.45, 7) is 0. The maximum atomic E-state index is 5.97. The summed E-state index contributed by atoms with van der Waals surface area (Å²) in [6, 6.07) is 18.4. The van der Waals surface area contributed by atoms with Crippen LogP contribution in [0.2, 0.25) is 0 Å². The molecule has 3 aromatic rings. The van der Waals surface area contributed by atoms with Gasteiger partial charge in [0.05, 0.1) is 0 Å². The third-order valence-corrected chi connectivity index (χ3v) is 5.14. The topological polar surface area (TPSA) is 48.1 Å². The van der Waals surface area contributed by atoms with Gasteiger partial charge in [0.15, 0.2) is 0 Å². The van der Waals surface area contributed by atoms with E-state index in [4.69, 9.17) is 10.5 Å². The van der Waals surface area contributed by atoms with E-state index in [2.05, 4.69) is 29.2 Å². The predicted octanol–water partition coefficient (Wildman–Crippen LogP) is 2.99. The first-order valence-electron chi connectivity index (χ1n) is 6.70. The van der Waals surface area contributed by atoms with E-state index >= 15 is 0 Å². The molecule has 0 bridgehead atoms. The SMILES string of the molecule is COc1ccc(-c2nc(N)[se]c2Cc2ccccc2)cc1. The molecular weight excluding hydrogens is 327 g/mol. The number of hydrogen-bond donors (Lipinski definition) is 1. The second-order valence-electron chi connectivity index (χ2n) is 4.71. The van der Waals surface area contributed by atoms with Gasteiger partial charge in [0.1, 0.15) is 0 Å². The van der Waals surface area contributed by atoms with Crippen LogP contribution in [0.3, 0.4) is 0 Å². The number of ether oxygens (including phenoxy) is 1. The first-order chi connectivity index (χ1) is 10.3. The van der Waals surface area contributed by atoms with E-state index < -0.39 is 0 Å². The number of rotatable bonds is 4. The number of anilines is 1. The molecular formula is C17H16N2OSe. The van der Waals surface area contributed by atoms with Crippen LogP contribution in [0.15, 0.2) is 54.6 Å². The Labute approximate surface area is 130 Å². The molecule has 0 saturated heterocycles. The number of hydrogen-bond acceptors (Lipinski definition) is 3. The Hall–Kier alpha value is -2.03. The van der Waals surface area contributed by atoms with E-state index in [0.717, 1.165) is 28.1 Å². The van der Waals surface area contributed by atoms with Crippen molar-refractivity contribution in [2.45, 2.75) is 6.42 Å². The third-order valence-electron chi connectivity index (χ3n) is 3.28. The average Bonchev–Trinajstić information content (AvgIpc) is 2.89. The minimum absolute atomic E-state index is 0.144. The number of methoxy groups -OCH3 is 1. The molecule has 2 N–H and O–H groups in total. The van der Waals surface area contributed by atoms with Crippen molar-refractivity contribution in [1.82, 2.24) is 4.98 Å². The minimum atomic E-state index is 0.144. The third kappa shape index (κ3) is 3.18. The van der Waals surface area contributed by atoms with E-state index in [1.54, 1.807) is 7.11 Å². The van der Waals surface area contributed by atoms with Gasteiger partial charge in [-0.05, 0) is 0 Å². The zero-order valence-electron chi connectivity index (χ0n) is 11.7. The standard InChI is InChI=1S/C17H16N2OSe/c1-20-14-9-7-13(8-10-14)16-15(21-17(18)19-16)11-12-5-3-2-4-6-12/h2-10H,11H2,1H3,(H2,18,19). The van der Waals surface area contributed by atoms with Crippen molar-refractivity contribution in [2.75, 3.05) is 12.8 Å². The Balaban J connectivity index is 1.95. The Bertz CT molecular complexity index is 720. The van der Waals surface area contributed by atoms with E-state index in [1.807, 2.05) is 30.3 Å². The van der Waals surface area contributed by atoms with Gasteiger partial charge in [-0.25, -0.2) is 0 Å². The molecule has 1 aromatic heterocycles. The molecule has 2 aromatic carbocycles. The van der Waals surface area contributed by atoms with Crippen molar-refractivity contribution in [3.8, 4) is 17.0 Å². The zero-order valence-corrected chi connectivity index (χ0v) is 13.5. The molecule has 0 spiro atoms. The van der Waals surface area contributed by atoms with Gasteiger partial charge in [-0.2, -0.15) is 0 Å². The van der Waals surface area contributed by atoms with Crippen LogP contribution in [-0.4, -0.2) is 26.6 Å². The van der Waals surface area contributed by atoms with Crippen molar-refractivity contribution in [1.29, 1.82) is 0 Å². The molecule has 4 heteroatoms. The molecule has 0 unspecified atom stereocenters. The van der Waals surface area contributed by atoms with E-state index in [1.165, 1.54) is 10.0 Å². The molecule has 0 aliphatic rings. The number of benzene rings is 2. The molecule has 0 saturated carbocycles. The summed E-state index contributed by atoms with van der Waals surface area (Å²) in [4.78, 5) is 4.55. The van der Waals surface area contributed by atoms with Crippen LogP contribution in [0.5, 0.6) is 5.75 Å². The molecule has 3 nitrogen and oxygen atoms in total. The molecule has 0 amide bonds. The monoisotopic (exact) mass is 344 g/mol. The average molecular weight is 343 g/mol. The van der Waals surface area contributed by atoms with Crippen molar-refractivity contribution >= 4 is 19.2 Å². The summed E-state index contributed by atoms with van der Waals surface area (Å²) in [6.07, 6.45) is 0.909. The predicted molar refractivity (Wildman–Crippen MR) is 86.8 cm³/mol. The Morgan fingerprint density at radius 2 is 1.76 bits per heavy atom. The van der Waals surface area contributed by atoms with Crippen LogP contribution in [0.4, 0.5) is 4.69 Å². The first-order valence-corrected chi connectivity index (χ1v) is 8.41. The second kappa shape index (κ2) is 6.17. The van der Waals surface area contributed by atoms with Gasteiger partial charge in [-0.15, -0.1) is 0 Å². The fraction of sp³-hybridized carbons (Fsp3) is 0.118. The number of nitrogens with two attached hydrogens (primary N) is 1. The summed E-state index contributed by atoms with van der Waals surface area (Å²) in [7, 11) is 1.67. The number of nitrogens with zero attached hydrogens (tertiary/aromatic N) is 1. The normalized spacial score (nSPS) is 10.5. The molecule has 3 rings (SSSR count). The van der Waals surface area contributed by atoms with Crippen molar-refractivity contribution in [3.63, 3.8) is 0 Å². The molecule has 106 valence electrons. The van der Waals surface area contributed by atoms with Crippen LogP contribution in [-0.2, 0) is 6.42 Å². The van der Waals surface area contributed by atoms with Crippen LogP contribution in [0, 0.1) is 0 Å². The Morgan fingerprint density at radius 1 is 1.05 bits per heavy atom. The molecule has 0 fully saturated rings. The van der Waals surface area contributed by atoms with Gasteiger partial charge in [0.25, 0.3) is 0 Å². The maximum absolute atomic E-state index is 5.97. The molecule has 1 heterocycles. The summed E-state index contributed by atoms with van der Waals surface area (Å²) < 4.78 is 7.28. The molecule has 0 radical (unpaired) electrons. The Morgan fingerprint density at radius 3 is 2.43 bits per heavy atom. The molecule has 21 heavy (non-hydrogen) atoms. The fourth-order valence-corrected chi connectivity index (χ4v) is 4.11. The van der Waals surface area contributed by atoms with Gasteiger partial charge in [0, 0.05) is 0 Å². The summed E-state index contributed by atoms with van der Waals surface area (Å²) in [5.74, 6) is 0.851. The summed E-state index contributed by atoms with van der Waals surface area (Å²) >= 11 is 0.144. The quantitative estimate of drug-likeness (QED) is 0.741. The molecule has 0 aliphatic carbocycles. The molecule has 0 atom stereocenters. The van der Waals surface area contributed by atoms with Gasteiger partial charge >= 0.3 is 130 Å². The van der Waals surface area contributed by atoms with Gasteiger partial charge in [0.2, 0.25) is 0 Å². The second-order valence-corrected chi connectivity index (χ2v) is 7.05. The first kappa shape index (κ1) is 13.9. The van der Waals surface area contributed by atoms with Crippen LogP contribution in [0.25, 0.3) is 11.3 Å². The van der Waals surface area contributed by atoms with Gasteiger partial charge < -0.3 is 0 Å². The van der Waals surface area contributed by atoms with Crippen LogP contribution < -0.4 is 10.5 Å². The van der Waals surface area contributed by atoms with E-state index in [-0.39, 0.29) is 14.5 Å². The summed E-state index contributed by atoms with van der Waals surface area (Å²) in [5, 5.41) is 0. The van der Waals surface area contributed by atoms with E-state index in [0.29, 0.717) is 0 Å². The Kier molecular flexibility index (Phi) is 4.09. The zero-order chi connectivity index (χ0) is 14.7. The van der Waals surface area contributed by atoms with Crippen LogP contribution >= 0.6 is 0 Å². The fourth-order valence-electron chi connectivity index (χ4n) is 2.25. The summed E-state index contributed by atoms with van der Waals surface area (Å²) in [5.41, 5.74) is 9.40. The number of aromatic nitrogens is 1. The van der Waals surface area contributed by atoms with Gasteiger partial charge in [-0.1, -0.05) is 0 Å². The molecule has 0 aliphatic heterocycles. The van der Waals surface area contributed by atoms with Crippen molar-refractivity contribution in [2.24, 2.45) is 0 Å². The van der Waals surface area contributed by atoms with E-state index in [9.17, 15) is 0 Å². The van der Waals surface area contributed by atoms with Crippen LogP contribution in [0.1, 0.15) is 10.0 Å². The van der Waals surface area contributed by atoms with Crippen molar-refractivity contribution in [3.05, 3.63) is 64.6 Å². The number of nitrogen functional groups attached to an aromatic ring is 1. The van der Waals surface area contributed by atoms with Crippen molar-refractivity contribution < 1.29 is 4.74 Å².